The van der Waals surface area contributed by atoms with Gasteiger partial charge in [0.25, 0.3) is 0 Å². The molecule has 1 aliphatic carbocycles. The molecule has 5 heteroatoms. The van der Waals surface area contributed by atoms with Crippen molar-refractivity contribution in [3.63, 3.8) is 0 Å². The number of carbonyl (C=O) groups excluding carboxylic acids is 1. The summed E-state index contributed by atoms with van der Waals surface area (Å²) in [5.41, 5.74) is 0. The van der Waals surface area contributed by atoms with E-state index in [0.717, 1.165) is 0 Å². The summed E-state index contributed by atoms with van der Waals surface area (Å²) in [5.74, 6) is 0.0421. The second kappa shape index (κ2) is 2.57. The van der Waals surface area contributed by atoms with Crippen molar-refractivity contribution in [2.75, 3.05) is 14.1 Å². The molecule has 0 aromatic heterocycles. The van der Waals surface area contributed by atoms with E-state index in [1.165, 1.54) is 18.4 Å². The lowest BCUT2D eigenvalue weighted by atomic mass is 9.98. The zero-order valence-corrected chi connectivity index (χ0v) is 7.39. The Hall–Kier alpha value is -0.420. The zero-order valence-electron chi connectivity index (χ0n) is 6.57. The van der Waals surface area contributed by atoms with Crippen LogP contribution in [-0.2, 0) is 14.8 Å². The van der Waals surface area contributed by atoms with E-state index in [1.807, 2.05) is 0 Å². The molecule has 0 heterocycles. The van der Waals surface area contributed by atoms with E-state index in [-0.39, 0.29) is 18.6 Å². The summed E-state index contributed by atoms with van der Waals surface area (Å²) in [6.45, 7) is 0. The van der Waals surface area contributed by atoms with E-state index in [2.05, 4.69) is 0 Å². The molecule has 0 atom stereocenters. The van der Waals surface area contributed by atoms with Crippen LogP contribution >= 0.6 is 0 Å². The Labute approximate surface area is 66.2 Å². The predicted octanol–water partition coefficient (Wildman–Crippen LogP) is -0.391. The Morgan fingerprint density at radius 1 is 1.36 bits per heavy atom. The normalized spacial score (nSPS) is 20.5. The van der Waals surface area contributed by atoms with Crippen LogP contribution in [0.2, 0.25) is 0 Å². The third kappa shape index (κ3) is 1.44. The maximum Gasteiger partial charge on any atom is 0.217 e. The number of sulfonamides is 1. The average molecular weight is 177 g/mol. The Kier molecular flexibility index (Phi) is 2.02. The summed E-state index contributed by atoms with van der Waals surface area (Å²) in [5, 5.41) is -0.454. The molecule has 1 aliphatic rings. The molecule has 0 N–H and O–H groups in total. The summed E-state index contributed by atoms with van der Waals surface area (Å²) < 4.78 is 23.6. The molecule has 64 valence electrons. The van der Waals surface area contributed by atoms with Crippen LogP contribution in [0.15, 0.2) is 0 Å². The van der Waals surface area contributed by atoms with Crippen molar-refractivity contribution in [3.8, 4) is 0 Å². The van der Waals surface area contributed by atoms with E-state index in [4.69, 9.17) is 0 Å². The molecule has 1 fully saturated rings. The lowest BCUT2D eigenvalue weighted by molar-refractivity contribution is -0.123. The summed E-state index contributed by atoms with van der Waals surface area (Å²) in [6.07, 6.45) is 0.390. The SMILES string of the molecule is CN(C)S(=O)(=O)C1CC(=O)C1. The highest BCUT2D eigenvalue weighted by Crippen LogP contribution is 2.24. The van der Waals surface area contributed by atoms with Gasteiger partial charge in [-0.2, -0.15) is 0 Å². The van der Waals surface area contributed by atoms with Gasteiger partial charge in [0.15, 0.2) is 0 Å². The molecule has 0 amide bonds. The number of ketones is 1. The van der Waals surface area contributed by atoms with E-state index in [1.54, 1.807) is 0 Å². The summed E-state index contributed by atoms with van der Waals surface area (Å²) >= 11 is 0. The Balaban J connectivity index is 2.69. The van der Waals surface area contributed by atoms with Crippen LogP contribution in [0.1, 0.15) is 12.8 Å². The van der Waals surface area contributed by atoms with Gasteiger partial charge in [0.05, 0.1) is 5.25 Å². The summed E-state index contributed by atoms with van der Waals surface area (Å²) in [7, 11) is -0.192. The van der Waals surface area contributed by atoms with Gasteiger partial charge in [0, 0.05) is 26.9 Å². The molecule has 4 nitrogen and oxygen atoms in total. The molecule has 0 aromatic carbocycles. The van der Waals surface area contributed by atoms with Gasteiger partial charge in [-0.05, 0) is 0 Å². The number of rotatable bonds is 2. The highest BCUT2D eigenvalue weighted by Gasteiger charge is 2.38. The lowest BCUT2D eigenvalue weighted by Crippen LogP contribution is -2.42. The van der Waals surface area contributed by atoms with Crippen LogP contribution in [-0.4, -0.2) is 37.9 Å². The molecule has 0 spiro atoms. The number of hydrogen-bond donors (Lipinski definition) is 0. The standard InChI is InChI=1S/C6H11NO3S/c1-7(2)11(9,10)6-3-5(8)4-6/h6H,3-4H2,1-2H3. The second-order valence-corrected chi connectivity index (χ2v) is 5.32. The number of nitrogens with zero attached hydrogens (tertiary/aromatic N) is 1. The van der Waals surface area contributed by atoms with Gasteiger partial charge in [0.1, 0.15) is 5.78 Å². The first-order valence-corrected chi connectivity index (χ1v) is 4.88. The van der Waals surface area contributed by atoms with Crippen molar-refractivity contribution in [2.24, 2.45) is 0 Å². The van der Waals surface area contributed by atoms with Crippen LogP contribution in [0.4, 0.5) is 0 Å². The molecule has 0 radical (unpaired) electrons. The number of hydrogen-bond acceptors (Lipinski definition) is 3. The van der Waals surface area contributed by atoms with Gasteiger partial charge in [-0.25, -0.2) is 12.7 Å². The first-order valence-electron chi connectivity index (χ1n) is 3.37. The van der Waals surface area contributed by atoms with Gasteiger partial charge in [0.2, 0.25) is 10.0 Å². The molecule has 1 rings (SSSR count). The number of carbonyl (C=O) groups is 1. The highest BCUT2D eigenvalue weighted by molar-refractivity contribution is 7.89. The van der Waals surface area contributed by atoms with Crippen molar-refractivity contribution in [3.05, 3.63) is 0 Å². The van der Waals surface area contributed by atoms with Crippen molar-refractivity contribution in [1.29, 1.82) is 0 Å². The van der Waals surface area contributed by atoms with Gasteiger partial charge < -0.3 is 0 Å². The third-order valence-electron chi connectivity index (χ3n) is 1.84. The Morgan fingerprint density at radius 3 is 2.09 bits per heavy atom. The third-order valence-corrected chi connectivity index (χ3v) is 4.03. The molecule has 1 saturated carbocycles. The molecular weight excluding hydrogens is 166 g/mol. The van der Waals surface area contributed by atoms with E-state index < -0.39 is 15.3 Å². The maximum atomic E-state index is 11.2. The fourth-order valence-corrected chi connectivity index (χ4v) is 2.35. The fourth-order valence-electron chi connectivity index (χ4n) is 0.957. The topological polar surface area (TPSA) is 54.5 Å². The monoisotopic (exact) mass is 177 g/mol. The summed E-state index contributed by atoms with van der Waals surface area (Å²) in [6, 6.07) is 0. The van der Waals surface area contributed by atoms with Gasteiger partial charge in [-0.1, -0.05) is 0 Å². The van der Waals surface area contributed by atoms with Gasteiger partial charge in [-0.15, -0.1) is 0 Å². The van der Waals surface area contributed by atoms with Crippen LogP contribution in [0, 0.1) is 0 Å². The van der Waals surface area contributed by atoms with E-state index >= 15 is 0 Å². The zero-order chi connectivity index (χ0) is 8.65. The largest absolute Gasteiger partial charge is 0.300 e. The van der Waals surface area contributed by atoms with Crippen LogP contribution in [0.3, 0.4) is 0 Å². The average Bonchev–Trinajstić information content (AvgIpc) is 1.80. The molecule has 0 unspecified atom stereocenters. The Bertz CT molecular complexity index is 260. The lowest BCUT2D eigenvalue weighted by Gasteiger charge is -2.26. The molecule has 0 aromatic rings. The van der Waals surface area contributed by atoms with Crippen LogP contribution < -0.4 is 0 Å². The first kappa shape index (κ1) is 8.67. The second-order valence-electron chi connectivity index (χ2n) is 2.90. The van der Waals surface area contributed by atoms with Crippen LogP contribution in [0.5, 0.6) is 0 Å². The number of Topliss-reactive ketones (excluding diaryl/α,β-unsaturated/α-hetero) is 1. The quantitative estimate of drug-likeness (QED) is 0.577. The molecular formula is C6H11NO3S. The van der Waals surface area contributed by atoms with Gasteiger partial charge in [-0.3, -0.25) is 4.79 Å². The highest BCUT2D eigenvalue weighted by atomic mass is 32.2. The van der Waals surface area contributed by atoms with Gasteiger partial charge >= 0.3 is 0 Å². The first-order chi connectivity index (χ1) is 4.94. The molecule has 11 heavy (non-hydrogen) atoms. The Morgan fingerprint density at radius 2 is 1.82 bits per heavy atom. The minimum absolute atomic E-state index is 0.0421. The molecule has 0 saturated heterocycles. The minimum atomic E-state index is -3.16. The fraction of sp³-hybridized carbons (Fsp3) is 0.833. The minimum Gasteiger partial charge on any atom is -0.300 e. The predicted molar refractivity (Wildman–Crippen MR) is 40.6 cm³/mol. The van der Waals surface area contributed by atoms with Crippen molar-refractivity contribution < 1.29 is 13.2 Å². The van der Waals surface area contributed by atoms with E-state index in [0.29, 0.717) is 0 Å². The van der Waals surface area contributed by atoms with Crippen LogP contribution in [0.25, 0.3) is 0 Å². The molecule has 0 bridgehead atoms. The molecule has 0 aliphatic heterocycles. The van der Waals surface area contributed by atoms with Crippen molar-refractivity contribution in [2.45, 2.75) is 18.1 Å². The van der Waals surface area contributed by atoms with Crippen molar-refractivity contribution >= 4 is 15.8 Å². The smallest absolute Gasteiger partial charge is 0.217 e. The van der Waals surface area contributed by atoms with E-state index in [9.17, 15) is 13.2 Å². The maximum absolute atomic E-state index is 11.2. The summed E-state index contributed by atoms with van der Waals surface area (Å²) in [4.78, 5) is 10.5. The van der Waals surface area contributed by atoms with Crippen molar-refractivity contribution in [1.82, 2.24) is 4.31 Å².